The van der Waals surface area contributed by atoms with Crippen molar-refractivity contribution < 1.29 is 9.90 Å². The molecule has 0 aliphatic carbocycles. The number of benzene rings is 1. The molecule has 0 saturated carbocycles. The normalized spacial score (nSPS) is 12.2. The van der Waals surface area contributed by atoms with Crippen molar-refractivity contribution in [3.05, 3.63) is 35.4 Å². The van der Waals surface area contributed by atoms with E-state index in [1.807, 2.05) is 24.3 Å². The molecule has 1 aromatic rings. The van der Waals surface area contributed by atoms with Crippen molar-refractivity contribution in [2.75, 3.05) is 6.54 Å². The first-order valence-corrected chi connectivity index (χ1v) is 5.35. The van der Waals surface area contributed by atoms with Crippen molar-refractivity contribution in [3.8, 4) is 0 Å². The molecule has 0 fully saturated rings. The number of nitrogens with one attached hydrogen (secondary N) is 1. The first-order valence-electron chi connectivity index (χ1n) is 5.35. The number of amides is 1. The van der Waals surface area contributed by atoms with Crippen LogP contribution in [-0.2, 0) is 17.8 Å². The van der Waals surface area contributed by atoms with E-state index < -0.39 is 6.10 Å². The van der Waals surface area contributed by atoms with Gasteiger partial charge >= 0.3 is 0 Å². The van der Waals surface area contributed by atoms with Crippen LogP contribution in [0.2, 0.25) is 0 Å². The van der Waals surface area contributed by atoms with Gasteiger partial charge in [0.15, 0.2) is 0 Å². The summed E-state index contributed by atoms with van der Waals surface area (Å²) in [5.41, 5.74) is 7.50. The van der Waals surface area contributed by atoms with E-state index in [4.69, 9.17) is 10.8 Å². The van der Waals surface area contributed by atoms with Gasteiger partial charge in [0.25, 0.3) is 0 Å². The van der Waals surface area contributed by atoms with Crippen LogP contribution in [0, 0.1) is 0 Å². The van der Waals surface area contributed by atoms with Crippen molar-refractivity contribution >= 4 is 5.91 Å². The van der Waals surface area contributed by atoms with Crippen molar-refractivity contribution in [1.29, 1.82) is 0 Å². The zero-order valence-electron chi connectivity index (χ0n) is 9.44. The molecule has 1 atom stereocenters. The Morgan fingerprint density at radius 2 is 2.06 bits per heavy atom. The molecule has 4 heteroatoms. The van der Waals surface area contributed by atoms with Gasteiger partial charge in [0.2, 0.25) is 5.91 Å². The van der Waals surface area contributed by atoms with Crippen LogP contribution < -0.4 is 11.1 Å². The summed E-state index contributed by atoms with van der Waals surface area (Å²) in [4.78, 5) is 11.5. The van der Waals surface area contributed by atoms with Gasteiger partial charge < -0.3 is 16.2 Å². The van der Waals surface area contributed by atoms with Crippen molar-refractivity contribution in [1.82, 2.24) is 5.32 Å². The van der Waals surface area contributed by atoms with E-state index in [0.717, 1.165) is 11.1 Å². The molecule has 0 aliphatic heterocycles. The third-order valence-electron chi connectivity index (χ3n) is 2.28. The lowest BCUT2D eigenvalue weighted by Crippen LogP contribution is -2.31. The summed E-state index contributed by atoms with van der Waals surface area (Å²) in [6.07, 6.45) is -0.214. The highest BCUT2D eigenvalue weighted by Gasteiger charge is 2.07. The molecule has 1 amide bonds. The highest BCUT2D eigenvalue weighted by Crippen LogP contribution is 2.08. The minimum absolute atomic E-state index is 0.0956. The van der Waals surface area contributed by atoms with Crippen molar-refractivity contribution in [3.63, 3.8) is 0 Å². The minimum atomic E-state index is -0.520. The lowest BCUT2D eigenvalue weighted by molar-refractivity contribution is -0.120. The quantitative estimate of drug-likeness (QED) is 0.665. The summed E-state index contributed by atoms with van der Waals surface area (Å²) >= 11 is 0. The highest BCUT2D eigenvalue weighted by atomic mass is 16.3. The predicted octanol–water partition coefficient (Wildman–Crippen LogP) is 0.185. The number of carbonyl (C=O) groups excluding carboxylic acids is 1. The minimum Gasteiger partial charge on any atom is -0.392 e. The number of carbonyl (C=O) groups is 1. The molecule has 16 heavy (non-hydrogen) atoms. The molecular formula is C12H18N2O2. The maximum absolute atomic E-state index is 11.5. The summed E-state index contributed by atoms with van der Waals surface area (Å²) < 4.78 is 0. The fraction of sp³-hybridized carbons (Fsp3) is 0.417. The summed E-state index contributed by atoms with van der Waals surface area (Å²) in [6, 6.07) is 7.59. The van der Waals surface area contributed by atoms with Crippen molar-refractivity contribution in [2.45, 2.75) is 26.0 Å². The van der Waals surface area contributed by atoms with Crippen LogP contribution in [0.25, 0.3) is 0 Å². The van der Waals surface area contributed by atoms with E-state index in [-0.39, 0.29) is 12.5 Å². The second kappa shape index (κ2) is 6.25. The molecule has 4 nitrogen and oxygen atoms in total. The van der Waals surface area contributed by atoms with Gasteiger partial charge in [0, 0.05) is 13.1 Å². The Morgan fingerprint density at radius 3 is 2.62 bits per heavy atom. The average Bonchev–Trinajstić information content (AvgIpc) is 2.27. The Bertz CT molecular complexity index is 351. The van der Waals surface area contributed by atoms with E-state index >= 15 is 0 Å². The zero-order chi connectivity index (χ0) is 12.0. The van der Waals surface area contributed by atoms with E-state index in [1.54, 1.807) is 6.92 Å². The Morgan fingerprint density at radius 1 is 1.44 bits per heavy atom. The maximum Gasteiger partial charge on any atom is 0.224 e. The van der Waals surface area contributed by atoms with Crippen LogP contribution in [0.4, 0.5) is 0 Å². The van der Waals surface area contributed by atoms with E-state index in [0.29, 0.717) is 13.0 Å². The van der Waals surface area contributed by atoms with Crippen LogP contribution in [0.1, 0.15) is 18.1 Å². The van der Waals surface area contributed by atoms with Crippen LogP contribution in [0.15, 0.2) is 24.3 Å². The average molecular weight is 222 g/mol. The molecule has 4 N–H and O–H groups in total. The fourth-order valence-electron chi connectivity index (χ4n) is 1.43. The number of aliphatic hydroxyl groups is 1. The maximum atomic E-state index is 11.5. The van der Waals surface area contributed by atoms with E-state index in [2.05, 4.69) is 5.32 Å². The SMILES string of the molecule is C[C@H](O)CNC(=O)Cc1ccccc1CN. The summed E-state index contributed by atoms with van der Waals surface area (Å²) in [5.74, 6) is -0.0956. The van der Waals surface area contributed by atoms with Gasteiger partial charge in [0.05, 0.1) is 12.5 Å². The van der Waals surface area contributed by atoms with Gasteiger partial charge in [-0.05, 0) is 18.1 Å². The molecule has 0 aromatic heterocycles. The molecule has 0 unspecified atom stereocenters. The first kappa shape index (κ1) is 12.7. The van der Waals surface area contributed by atoms with Crippen molar-refractivity contribution in [2.24, 2.45) is 5.73 Å². The molecule has 88 valence electrons. The van der Waals surface area contributed by atoms with Gasteiger partial charge in [-0.2, -0.15) is 0 Å². The van der Waals surface area contributed by atoms with E-state index in [1.165, 1.54) is 0 Å². The van der Waals surface area contributed by atoms with Crippen LogP contribution in [-0.4, -0.2) is 23.7 Å². The first-order chi connectivity index (χ1) is 7.63. The van der Waals surface area contributed by atoms with Gasteiger partial charge in [-0.15, -0.1) is 0 Å². The number of hydrogen-bond acceptors (Lipinski definition) is 3. The van der Waals surface area contributed by atoms with E-state index in [9.17, 15) is 4.79 Å². The summed E-state index contributed by atoms with van der Waals surface area (Å²) in [5, 5.41) is 11.7. The lowest BCUT2D eigenvalue weighted by Gasteiger charge is -2.09. The second-order valence-electron chi connectivity index (χ2n) is 3.80. The summed E-state index contributed by atoms with van der Waals surface area (Å²) in [7, 11) is 0. The number of hydrogen-bond donors (Lipinski definition) is 3. The Kier molecular flexibility index (Phi) is 4.95. The van der Waals surface area contributed by atoms with Gasteiger partial charge in [-0.25, -0.2) is 0 Å². The Hall–Kier alpha value is -1.39. The number of aliphatic hydroxyl groups excluding tert-OH is 1. The Balaban J connectivity index is 2.55. The van der Waals surface area contributed by atoms with Gasteiger partial charge in [-0.3, -0.25) is 4.79 Å². The second-order valence-corrected chi connectivity index (χ2v) is 3.80. The molecular weight excluding hydrogens is 204 g/mol. The third-order valence-corrected chi connectivity index (χ3v) is 2.28. The molecule has 1 aromatic carbocycles. The third kappa shape index (κ3) is 4.00. The standard InChI is InChI=1S/C12H18N2O2/c1-9(15)8-14-12(16)6-10-4-2-3-5-11(10)7-13/h2-5,9,15H,6-8,13H2,1H3,(H,14,16)/t9-/m0/s1. The van der Waals surface area contributed by atoms with Gasteiger partial charge in [0.1, 0.15) is 0 Å². The van der Waals surface area contributed by atoms with Gasteiger partial charge in [-0.1, -0.05) is 24.3 Å². The molecule has 0 spiro atoms. The predicted molar refractivity (Wildman–Crippen MR) is 62.7 cm³/mol. The number of rotatable bonds is 5. The molecule has 1 rings (SSSR count). The summed E-state index contributed by atoms with van der Waals surface area (Å²) in [6.45, 7) is 2.34. The van der Waals surface area contributed by atoms with Crippen LogP contribution >= 0.6 is 0 Å². The Labute approximate surface area is 95.5 Å². The molecule has 0 radical (unpaired) electrons. The molecule has 0 bridgehead atoms. The highest BCUT2D eigenvalue weighted by molar-refractivity contribution is 5.78. The fourth-order valence-corrected chi connectivity index (χ4v) is 1.43. The smallest absolute Gasteiger partial charge is 0.224 e. The number of nitrogens with two attached hydrogens (primary N) is 1. The molecule has 0 heterocycles. The molecule has 0 saturated heterocycles. The zero-order valence-corrected chi connectivity index (χ0v) is 9.44. The lowest BCUT2D eigenvalue weighted by atomic mass is 10.0. The van der Waals surface area contributed by atoms with Crippen LogP contribution in [0.5, 0.6) is 0 Å². The largest absolute Gasteiger partial charge is 0.392 e. The molecule has 0 aliphatic rings. The topological polar surface area (TPSA) is 75.3 Å². The monoisotopic (exact) mass is 222 g/mol. The van der Waals surface area contributed by atoms with Crippen LogP contribution in [0.3, 0.4) is 0 Å².